The first-order valence-corrected chi connectivity index (χ1v) is 22.1. The van der Waals surface area contributed by atoms with E-state index in [-0.39, 0.29) is 60.2 Å². The molecule has 0 radical (unpaired) electrons. The SMILES string of the molecule is C.COC(=O)c1cn2c(cc1=O)-c1cc(OC)c(OCCCOC(F)(F)F)cc1[C@H]1CCC(C)(C)N12.COCCCOc1cc2c(cc1Cl)-c1cc(=O)c(C(=O)OC)cn1N1C2CCC12CC2. The first kappa shape index (κ1) is 49.2. The highest BCUT2D eigenvalue weighted by atomic mass is 35.5. The summed E-state index contributed by atoms with van der Waals surface area (Å²) in [5.74, 6) is 0.0901. The Hall–Kier alpha value is -5.72. The molecule has 2 aromatic carbocycles. The molecule has 0 amide bonds. The van der Waals surface area contributed by atoms with Gasteiger partial charge in [-0.15, -0.1) is 13.2 Å². The van der Waals surface area contributed by atoms with E-state index in [0.717, 1.165) is 72.9 Å². The lowest BCUT2D eigenvalue weighted by Crippen LogP contribution is -2.50. The van der Waals surface area contributed by atoms with Crippen molar-refractivity contribution >= 4 is 23.5 Å². The van der Waals surface area contributed by atoms with Crippen LogP contribution in [0.3, 0.4) is 0 Å². The van der Waals surface area contributed by atoms with Crippen LogP contribution in [0.5, 0.6) is 17.2 Å². The van der Waals surface area contributed by atoms with E-state index in [0.29, 0.717) is 41.2 Å². The summed E-state index contributed by atoms with van der Waals surface area (Å²) in [4.78, 5) is 49.9. The highest BCUT2D eigenvalue weighted by molar-refractivity contribution is 6.32. The average molecular weight is 957 g/mol. The molecule has 6 heterocycles. The van der Waals surface area contributed by atoms with Crippen molar-refractivity contribution < 1.29 is 55.9 Å². The van der Waals surface area contributed by atoms with E-state index in [2.05, 4.69) is 28.6 Å². The Balaban J connectivity index is 0.000000197. The number of nitrogens with zero attached hydrogens (tertiary/aromatic N) is 4. The Morgan fingerprint density at radius 3 is 1.76 bits per heavy atom. The van der Waals surface area contributed by atoms with Crippen LogP contribution >= 0.6 is 11.6 Å². The zero-order chi connectivity index (χ0) is 47.3. The number of methoxy groups -OCH3 is 4. The topological polar surface area (TPSA) is 149 Å². The molecule has 3 fully saturated rings. The van der Waals surface area contributed by atoms with Crippen molar-refractivity contribution in [2.45, 2.75) is 102 Å². The van der Waals surface area contributed by atoms with Gasteiger partial charge in [-0.3, -0.25) is 33.7 Å². The number of pyridine rings is 2. The molecule has 15 nitrogen and oxygen atoms in total. The second kappa shape index (κ2) is 19.1. The van der Waals surface area contributed by atoms with Gasteiger partial charge < -0.3 is 28.4 Å². The Bertz CT molecular complexity index is 2660. The van der Waals surface area contributed by atoms with Gasteiger partial charge in [0.05, 0.1) is 80.7 Å². The molecule has 67 heavy (non-hydrogen) atoms. The molecule has 362 valence electrons. The number of hydrogen-bond donors (Lipinski definition) is 0. The van der Waals surface area contributed by atoms with E-state index >= 15 is 0 Å². The van der Waals surface area contributed by atoms with Crippen LogP contribution in [0.15, 0.2) is 58.4 Å². The fourth-order valence-corrected chi connectivity index (χ4v) is 10.0. The summed E-state index contributed by atoms with van der Waals surface area (Å²) in [6.07, 6.45) is 5.22. The standard InChI is InChI=1S/C24H27F3N2O6.C23H25ClN2O5.CH4/c1-23(2)7-6-17-14-11-21(34-8-5-9-35-24(25,26)27)20(32-3)10-15(14)18-12-19(30)16(22(31)33-4)13-28(18)29(17)23;1-29-8-3-9-31-21-11-15-14(10-17(21)24)19-12-20(27)16(22(28)30-2)13-25(19)26-18(15)4-5-23(26)6-7-23;/h10-13,17H,5-9H2,1-4H3;10-13,18H,3-9H2,1-2H3;1H4/t17-;;/m1../s1. The Morgan fingerprint density at radius 1 is 0.687 bits per heavy atom. The Morgan fingerprint density at radius 2 is 1.21 bits per heavy atom. The van der Waals surface area contributed by atoms with Crippen LogP contribution < -0.4 is 35.1 Å². The number of rotatable bonds is 13. The minimum atomic E-state index is -4.68. The maximum Gasteiger partial charge on any atom is 0.522 e. The van der Waals surface area contributed by atoms with Gasteiger partial charge in [0.25, 0.3) is 0 Å². The normalized spacial score (nSPS) is 18.4. The molecule has 5 aliphatic rings. The van der Waals surface area contributed by atoms with Crippen molar-refractivity contribution in [3.05, 3.63) is 96.5 Å². The van der Waals surface area contributed by atoms with Gasteiger partial charge in [0.2, 0.25) is 0 Å². The van der Waals surface area contributed by atoms with Crippen LogP contribution in [-0.2, 0) is 18.9 Å². The zero-order valence-electron chi connectivity index (χ0n) is 37.6. The summed E-state index contributed by atoms with van der Waals surface area (Å²) in [5.41, 5.74) is 3.96. The molecular weight excluding hydrogens is 901 g/mol. The summed E-state index contributed by atoms with van der Waals surface area (Å²) in [5, 5.41) is 4.98. The van der Waals surface area contributed by atoms with Crippen LogP contribution in [0.2, 0.25) is 5.02 Å². The van der Waals surface area contributed by atoms with Crippen molar-refractivity contribution in [3.8, 4) is 39.8 Å². The summed E-state index contributed by atoms with van der Waals surface area (Å²) in [6.45, 7) is 4.80. The minimum absolute atomic E-state index is 0. The summed E-state index contributed by atoms with van der Waals surface area (Å²) in [6, 6.07) is 10.4. The maximum absolute atomic E-state index is 12.8. The fraction of sp³-hybridized carbons (Fsp3) is 0.500. The highest BCUT2D eigenvalue weighted by Crippen LogP contribution is 2.58. The molecule has 4 aromatic rings. The molecule has 2 aromatic heterocycles. The molecule has 1 saturated carbocycles. The summed E-state index contributed by atoms with van der Waals surface area (Å²) >= 11 is 6.56. The van der Waals surface area contributed by atoms with Gasteiger partial charge >= 0.3 is 18.3 Å². The van der Waals surface area contributed by atoms with Crippen molar-refractivity contribution in [1.82, 2.24) is 9.35 Å². The molecule has 0 bridgehead atoms. The number of carbonyl (C=O) groups excluding carboxylic acids is 2. The quantitative estimate of drug-likeness (QED) is 0.0932. The van der Waals surface area contributed by atoms with E-state index in [1.807, 2.05) is 27.6 Å². The maximum atomic E-state index is 12.8. The molecule has 19 heteroatoms. The number of benzene rings is 2. The van der Waals surface area contributed by atoms with Gasteiger partial charge in [-0.2, -0.15) is 0 Å². The van der Waals surface area contributed by atoms with Gasteiger partial charge in [-0.1, -0.05) is 19.0 Å². The van der Waals surface area contributed by atoms with Gasteiger partial charge in [-0.25, -0.2) is 9.59 Å². The molecule has 2 saturated heterocycles. The lowest BCUT2D eigenvalue weighted by Gasteiger charge is -2.44. The van der Waals surface area contributed by atoms with Crippen molar-refractivity contribution in [2.24, 2.45) is 0 Å². The van der Waals surface area contributed by atoms with E-state index in [1.54, 1.807) is 19.4 Å². The lowest BCUT2D eigenvalue weighted by molar-refractivity contribution is -0.324. The van der Waals surface area contributed by atoms with Crippen LogP contribution in [0, 0.1) is 0 Å². The number of ether oxygens (including phenoxy) is 7. The van der Waals surface area contributed by atoms with Gasteiger partial charge in [0.1, 0.15) is 16.9 Å². The Kier molecular flexibility index (Phi) is 14.0. The number of esters is 2. The molecule has 2 atom stereocenters. The van der Waals surface area contributed by atoms with E-state index < -0.39 is 30.3 Å². The van der Waals surface area contributed by atoms with Crippen LogP contribution in [-0.4, -0.2) is 93.6 Å². The third-order valence-corrected chi connectivity index (χ3v) is 13.3. The molecule has 0 N–H and O–H groups in total. The monoisotopic (exact) mass is 956 g/mol. The van der Waals surface area contributed by atoms with Crippen molar-refractivity contribution in [1.29, 1.82) is 0 Å². The third-order valence-electron chi connectivity index (χ3n) is 13.0. The third kappa shape index (κ3) is 9.31. The Labute approximate surface area is 391 Å². The highest BCUT2D eigenvalue weighted by Gasteiger charge is 2.57. The number of alkyl halides is 3. The minimum Gasteiger partial charge on any atom is -0.493 e. The first-order chi connectivity index (χ1) is 31.5. The summed E-state index contributed by atoms with van der Waals surface area (Å²) in [7, 11) is 5.64. The average Bonchev–Trinajstić information content (AvgIpc) is 3.86. The summed E-state index contributed by atoms with van der Waals surface area (Å²) < 4.78 is 76.1. The van der Waals surface area contributed by atoms with E-state index in [9.17, 15) is 32.3 Å². The van der Waals surface area contributed by atoms with Gasteiger partial charge in [-0.05, 0) is 87.8 Å². The first-order valence-electron chi connectivity index (χ1n) is 21.8. The van der Waals surface area contributed by atoms with Crippen LogP contribution in [0.25, 0.3) is 22.5 Å². The number of fused-ring (bicyclic) bond motifs is 13. The van der Waals surface area contributed by atoms with Crippen molar-refractivity contribution in [3.63, 3.8) is 0 Å². The smallest absolute Gasteiger partial charge is 0.493 e. The predicted octanol–water partition coefficient (Wildman–Crippen LogP) is 8.51. The fourth-order valence-electron chi connectivity index (χ4n) is 9.81. The molecule has 1 unspecified atom stereocenters. The molecule has 1 spiro atoms. The second-order valence-corrected chi connectivity index (χ2v) is 17.9. The second-order valence-electron chi connectivity index (χ2n) is 17.5. The molecule has 9 rings (SSSR count). The van der Waals surface area contributed by atoms with E-state index in [1.165, 1.54) is 39.7 Å². The molecule has 4 aliphatic heterocycles. The number of hydrogen-bond acceptors (Lipinski definition) is 13. The number of halogens is 4. The molecular formula is C48H56ClF3N4O11. The van der Waals surface area contributed by atoms with Gasteiger partial charge in [0.15, 0.2) is 22.4 Å². The zero-order valence-corrected chi connectivity index (χ0v) is 38.3. The largest absolute Gasteiger partial charge is 0.522 e. The van der Waals surface area contributed by atoms with Crippen molar-refractivity contribution in [2.75, 3.05) is 64.9 Å². The lowest BCUT2D eigenvalue weighted by atomic mass is 9.93. The number of carbonyl (C=O) groups is 2. The predicted molar refractivity (Wildman–Crippen MR) is 244 cm³/mol. The van der Waals surface area contributed by atoms with Gasteiger partial charge in [0, 0.05) is 62.2 Å². The molecule has 1 aliphatic carbocycles. The van der Waals surface area contributed by atoms with E-state index in [4.69, 9.17) is 40.0 Å². The number of aromatic nitrogens is 2. The van der Waals surface area contributed by atoms with Crippen LogP contribution in [0.4, 0.5) is 13.2 Å². The van der Waals surface area contributed by atoms with Crippen LogP contribution in [0.1, 0.15) is 117 Å².